The molecular formula is C16H15BrClN5O2S. The Morgan fingerprint density at radius 1 is 1.38 bits per heavy atom. The number of pyridine rings is 1. The number of carbonyl (C=O) groups is 1. The predicted molar refractivity (Wildman–Crippen MR) is 104 cm³/mol. The largest absolute Gasteiger partial charge is 0.446 e. The van der Waals surface area contributed by atoms with Crippen molar-refractivity contribution in [2.75, 3.05) is 11.1 Å². The summed E-state index contributed by atoms with van der Waals surface area (Å²) < 4.78 is 8.12. The Labute approximate surface area is 167 Å². The third-order valence-corrected chi connectivity index (χ3v) is 5.01. The number of thioether (sulfide) groups is 1. The third kappa shape index (κ3) is 4.28. The highest BCUT2D eigenvalue weighted by Crippen LogP contribution is 2.30. The van der Waals surface area contributed by atoms with Crippen LogP contribution < -0.4 is 5.32 Å². The molecule has 10 heteroatoms. The standard InChI is InChI=1S/C16H15BrClN5O2S/c1-9(2)23-15(11-5-6-12(17)25-11)21-22-16(23)26-8-13(24)20-10-4-3-7-19-14(10)18/h3-7,9H,8H2,1-2H3,(H,20,24). The first kappa shape index (κ1) is 18.9. The van der Waals surface area contributed by atoms with E-state index in [4.69, 9.17) is 16.0 Å². The zero-order valence-electron chi connectivity index (χ0n) is 13.9. The van der Waals surface area contributed by atoms with E-state index in [9.17, 15) is 4.79 Å². The molecule has 0 bridgehead atoms. The van der Waals surface area contributed by atoms with Crippen molar-refractivity contribution < 1.29 is 9.21 Å². The predicted octanol–water partition coefficient (Wildman–Crippen LogP) is 4.66. The van der Waals surface area contributed by atoms with Gasteiger partial charge in [0.05, 0.1) is 11.4 Å². The Bertz CT molecular complexity index is 927. The van der Waals surface area contributed by atoms with E-state index >= 15 is 0 Å². The maximum atomic E-state index is 12.2. The highest BCUT2D eigenvalue weighted by Gasteiger charge is 2.20. The molecule has 0 unspecified atom stereocenters. The van der Waals surface area contributed by atoms with Crippen LogP contribution in [0.4, 0.5) is 5.69 Å². The number of furan rings is 1. The second kappa shape index (κ2) is 8.24. The average molecular weight is 457 g/mol. The van der Waals surface area contributed by atoms with Gasteiger partial charge in [-0.2, -0.15) is 0 Å². The number of amides is 1. The molecule has 0 aliphatic heterocycles. The zero-order valence-corrected chi connectivity index (χ0v) is 17.1. The Hall–Kier alpha value is -1.84. The molecule has 3 heterocycles. The fourth-order valence-electron chi connectivity index (χ4n) is 2.24. The molecule has 26 heavy (non-hydrogen) atoms. The number of rotatable bonds is 6. The van der Waals surface area contributed by atoms with Crippen LogP contribution in [0.1, 0.15) is 19.9 Å². The van der Waals surface area contributed by atoms with Crippen LogP contribution in [0.15, 0.2) is 44.7 Å². The summed E-state index contributed by atoms with van der Waals surface area (Å²) in [5.41, 5.74) is 0.478. The number of halogens is 2. The minimum Gasteiger partial charge on any atom is -0.446 e. The second-order valence-corrected chi connectivity index (χ2v) is 7.63. The van der Waals surface area contributed by atoms with Crippen molar-refractivity contribution in [3.05, 3.63) is 40.3 Å². The first-order valence-corrected chi connectivity index (χ1v) is 9.85. The van der Waals surface area contributed by atoms with E-state index in [2.05, 4.69) is 36.4 Å². The summed E-state index contributed by atoms with van der Waals surface area (Å²) in [6, 6.07) is 7.12. The van der Waals surface area contributed by atoms with Crippen molar-refractivity contribution in [2.24, 2.45) is 0 Å². The smallest absolute Gasteiger partial charge is 0.234 e. The summed E-state index contributed by atoms with van der Waals surface area (Å²) in [7, 11) is 0. The molecular weight excluding hydrogens is 442 g/mol. The maximum Gasteiger partial charge on any atom is 0.234 e. The lowest BCUT2D eigenvalue weighted by atomic mass is 10.3. The van der Waals surface area contributed by atoms with Gasteiger partial charge in [0.15, 0.2) is 20.7 Å². The van der Waals surface area contributed by atoms with Crippen LogP contribution in [0.2, 0.25) is 5.15 Å². The number of hydrogen-bond acceptors (Lipinski definition) is 6. The first-order valence-electron chi connectivity index (χ1n) is 7.69. The third-order valence-electron chi connectivity index (χ3n) is 3.34. The lowest BCUT2D eigenvalue weighted by Crippen LogP contribution is -2.15. The van der Waals surface area contributed by atoms with Gasteiger partial charge in [-0.15, -0.1) is 10.2 Å². The summed E-state index contributed by atoms with van der Waals surface area (Å²) in [5.74, 6) is 1.18. The number of nitrogens with zero attached hydrogens (tertiary/aromatic N) is 4. The molecule has 3 aromatic rings. The normalized spacial score (nSPS) is 11.1. The molecule has 0 aromatic carbocycles. The van der Waals surface area contributed by atoms with Crippen LogP contribution in [-0.2, 0) is 4.79 Å². The van der Waals surface area contributed by atoms with Crippen LogP contribution in [0.25, 0.3) is 11.6 Å². The molecule has 0 saturated heterocycles. The fraction of sp³-hybridized carbons (Fsp3) is 0.250. The highest BCUT2D eigenvalue weighted by molar-refractivity contribution is 9.10. The highest BCUT2D eigenvalue weighted by atomic mass is 79.9. The van der Waals surface area contributed by atoms with Crippen molar-refractivity contribution in [1.29, 1.82) is 0 Å². The lowest BCUT2D eigenvalue weighted by molar-refractivity contribution is -0.113. The van der Waals surface area contributed by atoms with Gasteiger partial charge in [0.25, 0.3) is 0 Å². The average Bonchev–Trinajstić information content (AvgIpc) is 3.21. The Morgan fingerprint density at radius 2 is 2.19 bits per heavy atom. The molecule has 1 amide bonds. The summed E-state index contributed by atoms with van der Waals surface area (Å²) in [4.78, 5) is 16.1. The Morgan fingerprint density at radius 3 is 2.85 bits per heavy atom. The topological polar surface area (TPSA) is 85.8 Å². The number of nitrogens with one attached hydrogen (secondary N) is 1. The van der Waals surface area contributed by atoms with Gasteiger partial charge in [0.1, 0.15) is 0 Å². The van der Waals surface area contributed by atoms with Crippen molar-refractivity contribution in [1.82, 2.24) is 19.7 Å². The maximum absolute atomic E-state index is 12.2. The van der Waals surface area contributed by atoms with Crippen LogP contribution in [-0.4, -0.2) is 31.4 Å². The molecule has 136 valence electrons. The lowest BCUT2D eigenvalue weighted by Gasteiger charge is -2.12. The number of carbonyl (C=O) groups excluding carboxylic acids is 1. The van der Waals surface area contributed by atoms with E-state index in [0.717, 1.165) is 0 Å². The fourth-order valence-corrected chi connectivity index (χ4v) is 3.58. The molecule has 0 fully saturated rings. The van der Waals surface area contributed by atoms with Crippen molar-refractivity contribution in [3.63, 3.8) is 0 Å². The molecule has 0 saturated carbocycles. The summed E-state index contributed by atoms with van der Waals surface area (Å²) in [5, 5.41) is 12.0. The van der Waals surface area contributed by atoms with Crippen LogP contribution in [0.3, 0.4) is 0 Å². The van der Waals surface area contributed by atoms with E-state index in [-0.39, 0.29) is 22.9 Å². The molecule has 0 radical (unpaired) electrons. The van der Waals surface area contributed by atoms with Gasteiger partial charge >= 0.3 is 0 Å². The molecule has 0 aliphatic rings. The molecule has 0 aliphatic carbocycles. The van der Waals surface area contributed by atoms with Gasteiger partial charge in [-0.1, -0.05) is 23.4 Å². The van der Waals surface area contributed by atoms with Crippen LogP contribution in [0, 0.1) is 0 Å². The van der Waals surface area contributed by atoms with Crippen LogP contribution in [0.5, 0.6) is 0 Å². The van der Waals surface area contributed by atoms with Crippen molar-refractivity contribution >= 4 is 50.9 Å². The quantitative estimate of drug-likeness (QED) is 0.429. The number of anilines is 1. The van der Waals surface area contributed by atoms with E-state index in [1.54, 1.807) is 24.4 Å². The minimum absolute atomic E-state index is 0.0993. The SMILES string of the molecule is CC(C)n1c(SCC(=O)Nc2cccnc2Cl)nnc1-c1ccc(Br)o1. The van der Waals surface area contributed by atoms with E-state index in [1.165, 1.54) is 11.8 Å². The monoisotopic (exact) mass is 455 g/mol. The van der Waals surface area contributed by atoms with E-state index in [1.807, 2.05) is 24.5 Å². The van der Waals surface area contributed by atoms with Gasteiger partial charge < -0.3 is 9.73 Å². The summed E-state index contributed by atoms with van der Waals surface area (Å²) >= 11 is 10.5. The van der Waals surface area contributed by atoms with Crippen molar-refractivity contribution in [3.8, 4) is 11.6 Å². The van der Waals surface area contributed by atoms with Gasteiger partial charge in [-0.05, 0) is 54.0 Å². The van der Waals surface area contributed by atoms with Crippen LogP contribution >= 0.6 is 39.3 Å². The Kier molecular flexibility index (Phi) is 6.00. The minimum atomic E-state index is -0.203. The molecule has 1 N–H and O–H groups in total. The van der Waals surface area contributed by atoms with Gasteiger partial charge in [0, 0.05) is 12.2 Å². The van der Waals surface area contributed by atoms with Gasteiger partial charge in [-0.25, -0.2) is 4.98 Å². The summed E-state index contributed by atoms with van der Waals surface area (Å²) in [6.07, 6.45) is 1.56. The molecule has 7 nitrogen and oxygen atoms in total. The van der Waals surface area contributed by atoms with E-state index in [0.29, 0.717) is 27.1 Å². The molecule has 0 atom stereocenters. The first-order chi connectivity index (χ1) is 12.5. The molecule has 3 rings (SSSR count). The number of aromatic nitrogens is 4. The number of hydrogen-bond donors (Lipinski definition) is 1. The zero-order chi connectivity index (χ0) is 18.7. The van der Waals surface area contributed by atoms with Gasteiger partial charge in [-0.3, -0.25) is 9.36 Å². The Balaban J connectivity index is 1.73. The molecule has 0 spiro atoms. The molecule has 3 aromatic heterocycles. The summed E-state index contributed by atoms with van der Waals surface area (Å²) in [6.45, 7) is 4.04. The van der Waals surface area contributed by atoms with Gasteiger partial charge in [0.2, 0.25) is 11.7 Å². The van der Waals surface area contributed by atoms with Crippen molar-refractivity contribution in [2.45, 2.75) is 25.0 Å². The second-order valence-electron chi connectivity index (χ2n) is 5.55. The van der Waals surface area contributed by atoms with E-state index < -0.39 is 0 Å².